The second-order valence-electron chi connectivity index (χ2n) is 4.86. The van der Waals surface area contributed by atoms with Crippen LogP contribution in [0.5, 0.6) is 0 Å². The third-order valence-corrected chi connectivity index (χ3v) is 3.35. The zero-order chi connectivity index (χ0) is 16.2. The van der Waals surface area contributed by atoms with Gasteiger partial charge in [-0.15, -0.1) is 0 Å². The highest BCUT2D eigenvalue weighted by atomic mass is 16.4. The van der Waals surface area contributed by atoms with Gasteiger partial charge in [0.05, 0.1) is 17.5 Å². The second kappa shape index (κ2) is 6.19. The molecule has 5 nitrogen and oxygen atoms in total. The Morgan fingerprint density at radius 1 is 0.913 bits per heavy atom. The van der Waals surface area contributed by atoms with Crippen LogP contribution in [-0.2, 0) is 0 Å². The van der Waals surface area contributed by atoms with E-state index in [1.165, 1.54) is 18.4 Å². The minimum atomic E-state index is -1.11. The second-order valence-corrected chi connectivity index (χ2v) is 4.86. The molecule has 0 bridgehead atoms. The summed E-state index contributed by atoms with van der Waals surface area (Å²) in [5, 5.41) is 11.9. The minimum absolute atomic E-state index is 0.0181. The van der Waals surface area contributed by atoms with Crippen LogP contribution in [0.25, 0.3) is 11.1 Å². The number of carboxylic acids is 1. The topological polar surface area (TPSA) is 79.5 Å². The number of amides is 1. The molecule has 114 valence electrons. The first-order chi connectivity index (χ1) is 11.1. The summed E-state index contributed by atoms with van der Waals surface area (Å²) < 4.78 is 5.02. The molecule has 0 unspecified atom stereocenters. The SMILES string of the molecule is O=C(Nc1cc(-c2ccccc2)ccc1C(=O)O)c1ccco1. The first-order valence-corrected chi connectivity index (χ1v) is 6.93. The van der Waals surface area contributed by atoms with Gasteiger partial charge in [-0.2, -0.15) is 0 Å². The van der Waals surface area contributed by atoms with Gasteiger partial charge >= 0.3 is 5.97 Å². The van der Waals surface area contributed by atoms with Gasteiger partial charge in [-0.05, 0) is 35.4 Å². The van der Waals surface area contributed by atoms with Crippen molar-refractivity contribution >= 4 is 17.6 Å². The zero-order valence-electron chi connectivity index (χ0n) is 12.0. The Kier molecular flexibility index (Phi) is 3.93. The number of benzene rings is 2. The molecule has 2 aromatic carbocycles. The Morgan fingerprint density at radius 3 is 2.35 bits per heavy atom. The van der Waals surface area contributed by atoms with E-state index in [0.29, 0.717) is 0 Å². The molecule has 3 aromatic rings. The van der Waals surface area contributed by atoms with E-state index in [1.54, 1.807) is 18.2 Å². The molecule has 1 amide bonds. The number of furan rings is 1. The summed E-state index contributed by atoms with van der Waals surface area (Å²) in [5.41, 5.74) is 1.98. The summed E-state index contributed by atoms with van der Waals surface area (Å²) in [5.74, 6) is -1.49. The highest BCUT2D eigenvalue weighted by Gasteiger charge is 2.16. The fraction of sp³-hybridized carbons (Fsp3) is 0. The maximum Gasteiger partial charge on any atom is 0.337 e. The summed E-state index contributed by atoms with van der Waals surface area (Å²) in [4.78, 5) is 23.5. The number of hydrogen-bond donors (Lipinski definition) is 2. The Bertz CT molecular complexity index is 839. The van der Waals surface area contributed by atoms with Crippen LogP contribution < -0.4 is 5.32 Å². The lowest BCUT2D eigenvalue weighted by atomic mass is 10.0. The number of carbonyl (C=O) groups is 2. The summed E-state index contributed by atoms with van der Waals surface area (Å²) in [6.07, 6.45) is 1.38. The third-order valence-electron chi connectivity index (χ3n) is 3.35. The van der Waals surface area contributed by atoms with Crippen LogP contribution in [0.4, 0.5) is 5.69 Å². The number of carboxylic acid groups (broad SMARTS) is 1. The van der Waals surface area contributed by atoms with Crippen molar-refractivity contribution < 1.29 is 19.1 Å². The van der Waals surface area contributed by atoms with E-state index in [9.17, 15) is 14.7 Å². The molecule has 1 heterocycles. The largest absolute Gasteiger partial charge is 0.478 e. The van der Waals surface area contributed by atoms with E-state index in [1.807, 2.05) is 30.3 Å². The van der Waals surface area contributed by atoms with Crippen molar-refractivity contribution in [2.75, 3.05) is 5.32 Å². The highest BCUT2D eigenvalue weighted by molar-refractivity contribution is 6.06. The summed E-state index contributed by atoms with van der Waals surface area (Å²) in [6, 6.07) is 17.4. The highest BCUT2D eigenvalue weighted by Crippen LogP contribution is 2.26. The van der Waals surface area contributed by atoms with Crippen molar-refractivity contribution in [2.45, 2.75) is 0 Å². The number of anilines is 1. The van der Waals surface area contributed by atoms with Crippen molar-refractivity contribution in [3.05, 3.63) is 78.3 Å². The van der Waals surface area contributed by atoms with Gasteiger partial charge in [0, 0.05) is 0 Å². The number of aromatic carboxylic acids is 1. The Morgan fingerprint density at radius 2 is 1.70 bits per heavy atom. The van der Waals surface area contributed by atoms with E-state index in [0.717, 1.165) is 11.1 Å². The minimum Gasteiger partial charge on any atom is -0.478 e. The zero-order valence-corrected chi connectivity index (χ0v) is 12.0. The van der Waals surface area contributed by atoms with Gasteiger partial charge in [0.1, 0.15) is 0 Å². The molecular weight excluding hydrogens is 294 g/mol. The molecule has 0 spiro atoms. The van der Waals surface area contributed by atoms with Gasteiger partial charge in [-0.3, -0.25) is 4.79 Å². The van der Waals surface area contributed by atoms with E-state index < -0.39 is 11.9 Å². The van der Waals surface area contributed by atoms with Crippen LogP contribution >= 0.6 is 0 Å². The van der Waals surface area contributed by atoms with Crippen molar-refractivity contribution in [3.63, 3.8) is 0 Å². The fourth-order valence-corrected chi connectivity index (χ4v) is 2.24. The van der Waals surface area contributed by atoms with Crippen LogP contribution in [0.2, 0.25) is 0 Å². The smallest absolute Gasteiger partial charge is 0.337 e. The molecule has 0 aliphatic heterocycles. The molecule has 23 heavy (non-hydrogen) atoms. The standard InChI is InChI=1S/C18H13NO4/c20-17(16-7-4-10-23-16)19-15-11-13(8-9-14(15)18(21)22)12-5-2-1-3-6-12/h1-11H,(H,19,20)(H,21,22). The van der Waals surface area contributed by atoms with Gasteiger partial charge in [0.25, 0.3) is 5.91 Å². The number of rotatable bonds is 4. The third kappa shape index (κ3) is 3.13. The molecule has 0 aliphatic carbocycles. The summed E-state index contributed by atoms with van der Waals surface area (Å²) >= 11 is 0. The van der Waals surface area contributed by atoms with Gasteiger partial charge < -0.3 is 14.8 Å². The predicted molar refractivity (Wildman–Crippen MR) is 85.5 cm³/mol. The average molecular weight is 307 g/mol. The maximum absolute atomic E-state index is 12.1. The van der Waals surface area contributed by atoms with Gasteiger partial charge in [0.2, 0.25) is 0 Å². The lowest BCUT2D eigenvalue weighted by Crippen LogP contribution is -2.14. The van der Waals surface area contributed by atoms with Gasteiger partial charge in [0.15, 0.2) is 5.76 Å². The van der Waals surface area contributed by atoms with Crippen LogP contribution in [0, 0.1) is 0 Å². The van der Waals surface area contributed by atoms with Crippen LogP contribution in [-0.4, -0.2) is 17.0 Å². The fourth-order valence-electron chi connectivity index (χ4n) is 2.24. The average Bonchev–Trinajstić information content (AvgIpc) is 3.10. The normalized spacial score (nSPS) is 10.3. The Hall–Kier alpha value is -3.34. The number of hydrogen-bond acceptors (Lipinski definition) is 3. The quantitative estimate of drug-likeness (QED) is 0.766. The van der Waals surface area contributed by atoms with E-state index >= 15 is 0 Å². The maximum atomic E-state index is 12.1. The van der Waals surface area contributed by atoms with Crippen molar-refractivity contribution in [2.24, 2.45) is 0 Å². The first-order valence-electron chi connectivity index (χ1n) is 6.93. The van der Waals surface area contributed by atoms with Crippen LogP contribution in [0.3, 0.4) is 0 Å². The van der Waals surface area contributed by atoms with Crippen molar-refractivity contribution in [1.82, 2.24) is 0 Å². The molecular formula is C18H13NO4. The van der Waals surface area contributed by atoms with Gasteiger partial charge in [-0.25, -0.2) is 4.79 Å². The molecule has 3 rings (SSSR count). The predicted octanol–water partition coefficient (Wildman–Crippen LogP) is 3.90. The molecule has 0 atom stereocenters. The monoisotopic (exact) mass is 307 g/mol. The molecule has 1 aromatic heterocycles. The lowest BCUT2D eigenvalue weighted by molar-refractivity contribution is 0.0698. The first kappa shape index (κ1) is 14.6. The summed E-state index contributed by atoms with van der Waals surface area (Å²) in [6.45, 7) is 0. The van der Waals surface area contributed by atoms with Gasteiger partial charge in [-0.1, -0.05) is 36.4 Å². The molecule has 0 fully saturated rings. The molecule has 0 saturated heterocycles. The number of carbonyl (C=O) groups excluding carboxylic acids is 1. The molecule has 5 heteroatoms. The van der Waals surface area contributed by atoms with Crippen molar-refractivity contribution in [1.29, 1.82) is 0 Å². The van der Waals surface area contributed by atoms with E-state index in [2.05, 4.69) is 5.32 Å². The van der Waals surface area contributed by atoms with Crippen LogP contribution in [0.15, 0.2) is 71.3 Å². The molecule has 0 aliphatic rings. The summed E-state index contributed by atoms with van der Waals surface area (Å²) in [7, 11) is 0. The Labute approximate surface area is 132 Å². The molecule has 2 N–H and O–H groups in total. The lowest BCUT2D eigenvalue weighted by Gasteiger charge is -2.10. The van der Waals surface area contributed by atoms with E-state index in [4.69, 9.17) is 4.42 Å². The molecule has 0 saturated carbocycles. The Balaban J connectivity index is 1.99. The van der Waals surface area contributed by atoms with Crippen LogP contribution in [0.1, 0.15) is 20.9 Å². The van der Waals surface area contributed by atoms with E-state index in [-0.39, 0.29) is 17.0 Å². The molecule has 0 radical (unpaired) electrons. The van der Waals surface area contributed by atoms with Crippen molar-refractivity contribution in [3.8, 4) is 11.1 Å². The number of nitrogens with one attached hydrogen (secondary N) is 1.